The lowest BCUT2D eigenvalue weighted by molar-refractivity contribution is -0.385. The quantitative estimate of drug-likeness (QED) is 0.374. The van der Waals surface area contributed by atoms with Crippen molar-refractivity contribution in [3.05, 3.63) is 74.1 Å². The van der Waals surface area contributed by atoms with E-state index in [-0.39, 0.29) is 17.1 Å². The maximum Gasteiger partial charge on any atom is 0.420 e. The Morgan fingerprint density at radius 1 is 1.20 bits per heavy atom. The monoisotopic (exact) mass is 422 g/mol. The van der Waals surface area contributed by atoms with Gasteiger partial charge in [0.05, 0.1) is 4.92 Å². The molecule has 2 aromatic carbocycles. The van der Waals surface area contributed by atoms with Crippen LogP contribution in [0.5, 0.6) is 5.75 Å². The Bertz CT molecular complexity index is 1200. The minimum Gasteiger partial charge on any atom is -0.488 e. The second kappa shape index (κ2) is 7.85. The summed E-state index contributed by atoms with van der Waals surface area (Å²) >= 11 is 0. The van der Waals surface area contributed by atoms with Gasteiger partial charge in [0.25, 0.3) is 5.69 Å². The molecule has 156 valence electrons. The number of hydrogen-bond donors (Lipinski definition) is 1. The molecule has 3 rings (SSSR count). The highest BCUT2D eigenvalue weighted by atomic mass is 19.4. The van der Waals surface area contributed by atoms with Crippen LogP contribution in [0.2, 0.25) is 0 Å². The predicted molar refractivity (Wildman–Crippen MR) is 99.2 cm³/mol. The number of nitrogens with zero attached hydrogens (tertiary/aromatic N) is 1. The second-order valence-electron chi connectivity index (χ2n) is 6.21. The van der Waals surface area contributed by atoms with E-state index in [4.69, 9.17) is 9.15 Å². The molecule has 0 aliphatic carbocycles. The summed E-state index contributed by atoms with van der Waals surface area (Å²) in [4.78, 5) is 32.8. The highest BCUT2D eigenvalue weighted by molar-refractivity contribution is 5.92. The van der Waals surface area contributed by atoms with Crippen LogP contribution in [-0.2, 0) is 17.6 Å². The van der Waals surface area contributed by atoms with Crippen LogP contribution in [0.15, 0.2) is 51.7 Å². The van der Waals surface area contributed by atoms with Crippen LogP contribution in [0.4, 0.5) is 24.5 Å². The molecule has 0 aliphatic rings. The highest BCUT2D eigenvalue weighted by Crippen LogP contribution is 2.38. The van der Waals surface area contributed by atoms with E-state index in [0.29, 0.717) is 17.1 Å². The van der Waals surface area contributed by atoms with Gasteiger partial charge in [-0.25, -0.2) is 4.79 Å². The molecule has 0 saturated heterocycles. The minimum absolute atomic E-state index is 0.104. The number of fused-ring (bicyclic) bond motifs is 1. The van der Waals surface area contributed by atoms with Crippen molar-refractivity contribution in [2.45, 2.75) is 19.7 Å². The van der Waals surface area contributed by atoms with E-state index in [1.54, 1.807) is 0 Å². The van der Waals surface area contributed by atoms with Gasteiger partial charge in [0.2, 0.25) is 5.91 Å². The van der Waals surface area contributed by atoms with Gasteiger partial charge in [-0.3, -0.25) is 14.9 Å². The van der Waals surface area contributed by atoms with Crippen molar-refractivity contribution < 1.29 is 32.0 Å². The first-order valence-electron chi connectivity index (χ1n) is 8.37. The van der Waals surface area contributed by atoms with Gasteiger partial charge < -0.3 is 14.5 Å². The molecule has 0 bridgehead atoms. The lowest BCUT2D eigenvalue weighted by atomic mass is 10.1. The van der Waals surface area contributed by atoms with Gasteiger partial charge in [-0.15, -0.1) is 0 Å². The Balaban J connectivity index is 1.97. The number of alkyl halides is 3. The summed E-state index contributed by atoms with van der Waals surface area (Å²) in [6, 6.07) is 7.63. The first-order chi connectivity index (χ1) is 14.0. The van der Waals surface area contributed by atoms with Crippen LogP contribution in [0.1, 0.15) is 18.1 Å². The van der Waals surface area contributed by atoms with Gasteiger partial charge in [-0.2, -0.15) is 13.2 Å². The molecule has 0 spiro atoms. The number of nitro groups is 1. The lowest BCUT2D eigenvalue weighted by Crippen LogP contribution is -2.11. The molecule has 11 heteroatoms. The number of carbonyl (C=O) groups excluding carboxylic acids is 1. The number of nitro benzene ring substituents is 1. The molecule has 0 unspecified atom stereocenters. The number of rotatable bonds is 5. The molecular weight excluding hydrogens is 409 g/mol. The van der Waals surface area contributed by atoms with Crippen LogP contribution in [0.3, 0.4) is 0 Å². The topological polar surface area (TPSA) is 112 Å². The van der Waals surface area contributed by atoms with E-state index < -0.39 is 40.3 Å². The molecule has 3 aromatic rings. The third kappa shape index (κ3) is 4.57. The zero-order chi connectivity index (χ0) is 22.1. The van der Waals surface area contributed by atoms with Gasteiger partial charge in [-0.1, -0.05) is 0 Å². The fraction of sp³-hybridized carbons (Fsp3) is 0.158. The number of non-ortho nitro benzene ring substituents is 1. The summed E-state index contributed by atoms with van der Waals surface area (Å²) in [7, 11) is 0. The van der Waals surface area contributed by atoms with E-state index in [1.807, 2.05) is 0 Å². The van der Waals surface area contributed by atoms with Gasteiger partial charge in [-0.05, 0) is 18.2 Å². The number of ether oxygens (including phenoxy) is 1. The van der Waals surface area contributed by atoms with Crippen LogP contribution in [0.25, 0.3) is 11.0 Å². The van der Waals surface area contributed by atoms with E-state index in [1.165, 1.54) is 25.1 Å². The summed E-state index contributed by atoms with van der Waals surface area (Å²) in [5.41, 5.74) is -2.09. The molecule has 8 nitrogen and oxygen atoms in total. The third-order valence-electron chi connectivity index (χ3n) is 4.01. The van der Waals surface area contributed by atoms with Gasteiger partial charge >= 0.3 is 11.8 Å². The molecule has 1 heterocycles. The largest absolute Gasteiger partial charge is 0.488 e. The van der Waals surface area contributed by atoms with E-state index in [0.717, 1.165) is 18.2 Å². The number of nitrogens with one attached hydrogen (secondary N) is 1. The standard InChI is InChI=1S/C19H13F3N2O6/c1-10(25)23-12-2-4-14-11(6-18(26)30-17(14)7-12)9-29-16-5-3-13(24(27)28)8-15(16)19(20,21)22/h2-8H,9H2,1H3,(H,23,25). The molecule has 0 fully saturated rings. The number of hydrogen-bond acceptors (Lipinski definition) is 6. The Morgan fingerprint density at radius 2 is 1.93 bits per heavy atom. The summed E-state index contributed by atoms with van der Waals surface area (Å²) in [5.74, 6) is -0.960. The molecular formula is C19H13F3N2O6. The van der Waals surface area contributed by atoms with Gasteiger partial charge in [0, 0.05) is 47.8 Å². The van der Waals surface area contributed by atoms with Crippen molar-refractivity contribution in [1.29, 1.82) is 0 Å². The molecule has 1 amide bonds. The van der Waals surface area contributed by atoms with E-state index in [2.05, 4.69) is 5.32 Å². The maximum absolute atomic E-state index is 13.3. The van der Waals surface area contributed by atoms with Crippen molar-refractivity contribution in [3.8, 4) is 5.75 Å². The molecule has 1 aromatic heterocycles. The fourth-order valence-corrected chi connectivity index (χ4v) is 2.76. The summed E-state index contributed by atoms with van der Waals surface area (Å²) in [6.07, 6.45) is -4.88. The molecule has 0 atom stereocenters. The lowest BCUT2D eigenvalue weighted by Gasteiger charge is -2.14. The number of carbonyl (C=O) groups is 1. The maximum atomic E-state index is 13.3. The van der Waals surface area contributed by atoms with Gasteiger partial charge in [0.15, 0.2) is 0 Å². The zero-order valence-electron chi connectivity index (χ0n) is 15.3. The second-order valence-corrected chi connectivity index (χ2v) is 6.21. The molecule has 1 N–H and O–H groups in total. The van der Waals surface area contributed by atoms with Crippen molar-refractivity contribution in [2.24, 2.45) is 0 Å². The first-order valence-corrected chi connectivity index (χ1v) is 8.37. The summed E-state index contributed by atoms with van der Waals surface area (Å²) < 4.78 is 50.2. The fourth-order valence-electron chi connectivity index (χ4n) is 2.76. The average Bonchev–Trinajstić information content (AvgIpc) is 2.64. The zero-order valence-corrected chi connectivity index (χ0v) is 15.3. The number of halogens is 3. The highest BCUT2D eigenvalue weighted by Gasteiger charge is 2.36. The first kappa shape index (κ1) is 20.8. The predicted octanol–water partition coefficient (Wildman–Crippen LogP) is 4.26. The Kier molecular flexibility index (Phi) is 5.45. The van der Waals surface area contributed by atoms with Gasteiger partial charge in [0.1, 0.15) is 23.5 Å². The SMILES string of the molecule is CC(=O)Nc1ccc2c(COc3ccc([N+](=O)[O-])cc3C(F)(F)F)cc(=O)oc2c1. The van der Waals surface area contributed by atoms with E-state index in [9.17, 15) is 32.9 Å². The van der Waals surface area contributed by atoms with Crippen LogP contribution in [-0.4, -0.2) is 10.8 Å². The molecule has 30 heavy (non-hydrogen) atoms. The van der Waals surface area contributed by atoms with E-state index >= 15 is 0 Å². The van der Waals surface area contributed by atoms with Crippen LogP contribution >= 0.6 is 0 Å². The smallest absolute Gasteiger partial charge is 0.420 e. The molecule has 0 radical (unpaired) electrons. The summed E-state index contributed by atoms with van der Waals surface area (Å²) in [6.45, 7) is 0.871. The van der Waals surface area contributed by atoms with Crippen molar-refractivity contribution in [3.63, 3.8) is 0 Å². The Hall–Kier alpha value is -3.89. The van der Waals surface area contributed by atoms with Crippen molar-refractivity contribution >= 4 is 28.3 Å². The Morgan fingerprint density at radius 3 is 2.57 bits per heavy atom. The normalized spacial score (nSPS) is 11.3. The van der Waals surface area contributed by atoms with Crippen LogP contribution in [0, 0.1) is 10.1 Å². The van der Waals surface area contributed by atoms with Crippen LogP contribution < -0.4 is 15.7 Å². The van der Waals surface area contributed by atoms with Crippen molar-refractivity contribution in [2.75, 3.05) is 5.32 Å². The Labute approximate surface area is 166 Å². The third-order valence-corrected chi connectivity index (χ3v) is 4.01. The minimum atomic E-state index is -4.88. The van der Waals surface area contributed by atoms with Crippen molar-refractivity contribution in [1.82, 2.24) is 0 Å². The summed E-state index contributed by atoms with van der Waals surface area (Å²) in [5, 5.41) is 13.7. The molecule has 0 aliphatic heterocycles. The number of amides is 1. The number of anilines is 1. The molecule has 0 saturated carbocycles. The number of benzene rings is 2. The average molecular weight is 422 g/mol.